The normalized spacial score (nSPS) is 8.83. The smallest absolute Gasteiger partial charge is 0.545 e. The first-order chi connectivity index (χ1) is 19.1. The fourth-order valence-corrected chi connectivity index (χ4v) is 2.56. The average Bonchev–Trinajstić information content (AvgIpc) is 2.99. The second-order valence-electron chi connectivity index (χ2n) is 7.44. The molecule has 2 aromatic carbocycles. The maximum absolute atomic E-state index is 10.4. The van der Waals surface area contributed by atoms with Crippen molar-refractivity contribution in [2.24, 2.45) is 11.5 Å². The molecule has 0 aliphatic rings. The van der Waals surface area contributed by atoms with Gasteiger partial charge in [0.25, 0.3) is 0 Å². The standard InChI is InChI=1S/2C8H9NO2.2C6H6N2O.Zn/c2*1-9-7-4-2-6(3-5-7)8(10)11;2*7-6(9)5-2-1-3-8-4-5;/h2*2-5,9H,1H3,(H,10,11);2*1-4H,(H2,7,9);/q;;;;+2/p-2. The maximum Gasteiger partial charge on any atom is 2.00 e. The zero-order valence-corrected chi connectivity index (χ0v) is 25.4. The van der Waals surface area contributed by atoms with Crippen molar-refractivity contribution in [2.75, 3.05) is 24.7 Å². The minimum absolute atomic E-state index is 0. The number of aromatic nitrogens is 2. The minimum atomic E-state index is -1.15. The van der Waals surface area contributed by atoms with Gasteiger partial charge in [0.15, 0.2) is 0 Å². The van der Waals surface area contributed by atoms with Crippen molar-refractivity contribution >= 4 is 35.1 Å². The average molecular weight is 610 g/mol. The van der Waals surface area contributed by atoms with Gasteiger partial charge in [0.05, 0.1) is 23.1 Å². The molecule has 0 aliphatic carbocycles. The fourth-order valence-electron chi connectivity index (χ4n) is 2.56. The van der Waals surface area contributed by atoms with Crippen LogP contribution in [0.3, 0.4) is 0 Å². The van der Waals surface area contributed by atoms with Gasteiger partial charge in [-0.15, -0.1) is 0 Å². The van der Waals surface area contributed by atoms with Crippen LogP contribution >= 0.6 is 0 Å². The summed E-state index contributed by atoms with van der Waals surface area (Å²) in [4.78, 5) is 48.7. The molecule has 4 rings (SSSR count). The molecule has 0 spiro atoms. The van der Waals surface area contributed by atoms with E-state index in [0.29, 0.717) is 11.1 Å². The Kier molecular flexibility index (Phi) is 17.3. The summed E-state index contributed by atoms with van der Waals surface area (Å²) in [6.45, 7) is 0. The molecule has 13 heteroatoms. The first kappa shape index (κ1) is 35.8. The van der Waals surface area contributed by atoms with E-state index in [0.717, 1.165) is 11.4 Å². The first-order valence-corrected chi connectivity index (χ1v) is 11.5. The molecule has 2 heterocycles. The number of pyridine rings is 2. The van der Waals surface area contributed by atoms with Crippen molar-refractivity contribution in [3.05, 3.63) is 120 Å². The number of hydrogen-bond acceptors (Lipinski definition) is 10. The summed E-state index contributed by atoms with van der Waals surface area (Å²) in [7, 11) is 3.54. The Bertz CT molecular complexity index is 1250. The molecule has 0 saturated carbocycles. The molecule has 2 aromatic heterocycles. The monoisotopic (exact) mass is 608 g/mol. The molecule has 0 fully saturated rings. The number of hydrogen-bond donors (Lipinski definition) is 4. The second kappa shape index (κ2) is 19.8. The first-order valence-electron chi connectivity index (χ1n) is 11.5. The molecule has 2 amide bonds. The van der Waals surface area contributed by atoms with Crippen LogP contribution in [0.25, 0.3) is 0 Å². The summed E-state index contributed by atoms with van der Waals surface area (Å²) in [5.74, 6) is -3.17. The van der Waals surface area contributed by atoms with Crippen LogP contribution < -0.4 is 32.3 Å². The number of benzene rings is 2. The van der Waals surface area contributed by atoms with E-state index in [2.05, 4.69) is 20.6 Å². The van der Waals surface area contributed by atoms with Gasteiger partial charge in [-0.2, -0.15) is 0 Å². The van der Waals surface area contributed by atoms with Gasteiger partial charge >= 0.3 is 19.5 Å². The van der Waals surface area contributed by atoms with Crippen molar-refractivity contribution < 1.29 is 48.9 Å². The Morgan fingerprint density at radius 3 is 1.07 bits per heavy atom. The van der Waals surface area contributed by atoms with Crippen LogP contribution in [-0.4, -0.2) is 47.8 Å². The van der Waals surface area contributed by atoms with Crippen molar-refractivity contribution in [1.29, 1.82) is 0 Å². The van der Waals surface area contributed by atoms with Crippen LogP contribution in [-0.2, 0) is 19.5 Å². The molecule has 0 bridgehead atoms. The predicted molar refractivity (Wildman–Crippen MR) is 146 cm³/mol. The topological polar surface area (TPSA) is 216 Å². The molecule has 12 nitrogen and oxygen atoms in total. The van der Waals surface area contributed by atoms with E-state index >= 15 is 0 Å². The fraction of sp³-hybridized carbons (Fsp3) is 0.0714. The largest absolute Gasteiger partial charge is 2.00 e. The Balaban J connectivity index is 0.000000518. The number of anilines is 2. The zero-order valence-electron chi connectivity index (χ0n) is 22.4. The molecule has 0 saturated heterocycles. The van der Waals surface area contributed by atoms with Crippen molar-refractivity contribution in [2.45, 2.75) is 0 Å². The molecule has 6 N–H and O–H groups in total. The second-order valence-corrected chi connectivity index (χ2v) is 7.44. The number of primary amides is 2. The number of nitrogens with one attached hydrogen (secondary N) is 2. The third-order valence-corrected chi connectivity index (χ3v) is 4.71. The maximum atomic E-state index is 10.4. The SMILES string of the molecule is CNc1ccc(C(=O)[O-])cc1.CNc1ccc(C(=O)[O-])cc1.NC(=O)c1cccnc1.NC(=O)c1cccnc1.[Zn+2]. The number of rotatable bonds is 6. The van der Waals surface area contributed by atoms with Crippen molar-refractivity contribution in [1.82, 2.24) is 9.97 Å². The molecule has 0 unspecified atom stereocenters. The van der Waals surface area contributed by atoms with Gasteiger partial charge in [-0.25, -0.2) is 0 Å². The van der Waals surface area contributed by atoms with Gasteiger partial charge < -0.3 is 41.9 Å². The number of aromatic carboxylic acids is 2. The molecular weight excluding hydrogens is 582 g/mol. The van der Waals surface area contributed by atoms with Crippen LogP contribution in [0.5, 0.6) is 0 Å². The van der Waals surface area contributed by atoms with Gasteiger partial charge in [0.1, 0.15) is 0 Å². The van der Waals surface area contributed by atoms with Crippen LogP contribution in [0, 0.1) is 0 Å². The van der Waals surface area contributed by atoms with Gasteiger partial charge in [-0.05, 0) is 59.7 Å². The van der Waals surface area contributed by atoms with E-state index in [1.54, 1.807) is 75.0 Å². The summed E-state index contributed by atoms with van der Waals surface area (Å²) in [6, 6.07) is 19.3. The molecule has 4 aromatic rings. The van der Waals surface area contributed by atoms with Gasteiger partial charge in [-0.1, -0.05) is 24.3 Å². The third-order valence-electron chi connectivity index (χ3n) is 4.71. The molecule has 41 heavy (non-hydrogen) atoms. The third kappa shape index (κ3) is 14.5. The Morgan fingerprint density at radius 1 is 0.585 bits per heavy atom. The van der Waals surface area contributed by atoms with E-state index in [-0.39, 0.29) is 30.6 Å². The predicted octanol–water partition coefficient (Wildman–Crippen LogP) is 0.542. The summed E-state index contributed by atoms with van der Waals surface area (Å²) < 4.78 is 0. The molecule has 208 valence electrons. The van der Waals surface area contributed by atoms with Gasteiger partial charge in [0.2, 0.25) is 11.8 Å². The van der Waals surface area contributed by atoms with E-state index in [1.165, 1.54) is 36.7 Å². The van der Waals surface area contributed by atoms with Crippen LogP contribution in [0.15, 0.2) is 97.6 Å². The molecule has 0 atom stereocenters. The van der Waals surface area contributed by atoms with Crippen LogP contribution in [0.1, 0.15) is 41.4 Å². The Morgan fingerprint density at radius 2 is 0.902 bits per heavy atom. The molecule has 0 aliphatic heterocycles. The number of nitrogens with two attached hydrogens (primary N) is 2. The number of carboxylic acids is 2. The minimum Gasteiger partial charge on any atom is -0.545 e. The molecular formula is C28H28N6O6Zn. The Labute approximate surface area is 249 Å². The number of carboxylic acid groups (broad SMARTS) is 2. The van der Waals surface area contributed by atoms with E-state index in [1.807, 2.05) is 0 Å². The van der Waals surface area contributed by atoms with E-state index < -0.39 is 23.8 Å². The van der Waals surface area contributed by atoms with Crippen molar-refractivity contribution in [3.8, 4) is 0 Å². The van der Waals surface area contributed by atoms with Crippen LogP contribution in [0.2, 0.25) is 0 Å². The summed E-state index contributed by atoms with van der Waals surface area (Å²) >= 11 is 0. The van der Waals surface area contributed by atoms with Crippen molar-refractivity contribution in [3.63, 3.8) is 0 Å². The number of carbonyl (C=O) groups excluding carboxylic acids is 4. The number of carbonyl (C=O) groups is 4. The molecule has 0 radical (unpaired) electrons. The van der Waals surface area contributed by atoms with E-state index in [9.17, 15) is 29.4 Å². The quantitative estimate of drug-likeness (QED) is 0.222. The summed E-state index contributed by atoms with van der Waals surface area (Å²) in [5.41, 5.74) is 12.9. The van der Waals surface area contributed by atoms with Crippen LogP contribution in [0.4, 0.5) is 11.4 Å². The summed E-state index contributed by atoms with van der Waals surface area (Å²) in [5, 5.41) is 26.3. The number of amides is 2. The van der Waals surface area contributed by atoms with Gasteiger partial charge in [0, 0.05) is 50.3 Å². The zero-order chi connectivity index (χ0) is 29.9. The summed E-state index contributed by atoms with van der Waals surface area (Å²) in [6.07, 6.45) is 6.05. The Hall–Kier alpha value is -5.16. The van der Waals surface area contributed by atoms with Gasteiger partial charge in [-0.3, -0.25) is 19.6 Å². The number of nitrogens with zero attached hydrogens (tertiary/aromatic N) is 2. The van der Waals surface area contributed by atoms with E-state index in [4.69, 9.17) is 11.5 Å².